The molecular weight excluding hydrogens is 518 g/mol. The third-order valence-corrected chi connectivity index (χ3v) is 7.18. The van der Waals surface area contributed by atoms with Crippen LogP contribution in [-0.4, -0.2) is 50.5 Å². The molecule has 0 aromatic heterocycles. The lowest BCUT2D eigenvalue weighted by atomic mass is 10.1. The van der Waals surface area contributed by atoms with Crippen molar-refractivity contribution in [3.63, 3.8) is 0 Å². The van der Waals surface area contributed by atoms with Crippen LogP contribution in [0.1, 0.15) is 44.7 Å². The van der Waals surface area contributed by atoms with Crippen molar-refractivity contribution in [2.24, 2.45) is 0 Å². The van der Waals surface area contributed by atoms with Gasteiger partial charge in [0.05, 0.1) is 11.9 Å². The Morgan fingerprint density at radius 2 is 1.74 bits per heavy atom. The van der Waals surface area contributed by atoms with E-state index in [0.717, 1.165) is 45.4 Å². The third-order valence-electron chi connectivity index (χ3n) is 5.55. The van der Waals surface area contributed by atoms with Crippen LogP contribution in [0.5, 0.6) is 0 Å². The molecule has 7 nitrogen and oxygen atoms in total. The summed E-state index contributed by atoms with van der Waals surface area (Å²) in [6.45, 7) is 6.01. The molecule has 0 radical (unpaired) electrons. The van der Waals surface area contributed by atoms with E-state index in [2.05, 4.69) is 21.2 Å². The first-order valence-corrected chi connectivity index (χ1v) is 14.1. The summed E-state index contributed by atoms with van der Waals surface area (Å²) in [6.07, 6.45) is 3.68. The van der Waals surface area contributed by atoms with Gasteiger partial charge in [0.1, 0.15) is 12.6 Å². The van der Waals surface area contributed by atoms with Crippen LogP contribution in [0, 0.1) is 0 Å². The summed E-state index contributed by atoms with van der Waals surface area (Å²) in [4.78, 5) is 27.7. The van der Waals surface area contributed by atoms with Gasteiger partial charge in [0.25, 0.3) is 0 Å². The summed E-state index contributed by atoms with van der Waals surface area (Å²) in [7, 11) is -3.73. The van der Waals surface area contributed by atoms with E-state index in [4.69, 9.17) is 0 Å². The maximum atomic E-state index is 13.5. The van der Waals surface area contributed by atoms with Gasteiger partial charge in [0.15, 0.2) is 0 Å². The van der Waals surface area contributed by atoms with Gasteiger partial charge >= 0.3 is 0 Å². The van der Waals surface area contributed by atoms with Crippen molar-refractivity contribution < 1.29 is 18.0 Å². The monoisotopic (exact) mass is 551 g/mol. The fourth-order valence-corrected chi connectivity index (χ4v) is 4.76. The number of halogens is 1. The van der Waals surface area contributed by atoms with Crippen LogP contribution >= 0.6 is 15.9 Å². The molecule has 186 valence electrons. The molecule has 1 N–H and O–H groups in total. The van der Waals surface area contributed by atoms with Gasteiger partial charge in [-0.15, -0.1) is 0 Å². The molecule has 0 aliphatic heterocycles. The summed E-state index contributed by atoms with van der Waals surface area (Å²) < 4.78 is 27.1. The number of hydrogen-bond donors (Lipinski definition) is 1. The highest BCUT2D eigenvalue weighted by Gasteiger charge is 2.30. The Labute approximate surface area is 211 Å². The summed E-state index contributed by atoms with van der Waals surface area (Å²) in [6, 6.07) is 13.8. The molecule has 1 atom stereocenters. The minimum atomic E-state index is -3.73. The topological polar surface area (TPSA) is 86.8 Å². The lowest BCUT2D eigenvalue weighted by molar-refractivity contribution is -0.139. The van der Waals surface area contributed by atoms with Crippen molar-refractivity contribution >= 4 is 43.5 Å². The van der Waals surface area contributed by atoms with Gasteiger partial charge in [-0.1, -0.05) is 60.5 Å². The molecule has 0 aliphatic rings. The molecule has 0 spiro atoms. The number of sulfonamides is 1. The Morgan fingerprint density at radius 1 is 1.06 bits per heavy atom. The van der Waals surface area contributed by atoms with Crippen molar-refractivity contribution in [3.05, 3.63) is 64.1 Å². The Morgan fingerprint density at radius 3 is 2.29 bits per heavy atom. The van der Waals surface area contributed by atoms with Gasteiger partial charge in [0.2, 0.25) is 21.8 Å². The van der Waals surface area contributed by atoms with Gasteiger partial charge in [-0.05, 0) is 55.2 Å². The van der Waals surface area contributed by atoms with E-state index in [1.807, 2.05) is 50.2 Å². The average Bonchev–Trinajstić information content (AvgIpc) is 2.80. The fraction of sp³-hybridized carbons (Fsp3) is 0.440. The largest absolute Gasteiger partial charge is 0.354 e. The first kappa shape index (κ1) is 27.9. The smallest absolute Gasteiger partial charge is 0.244 e. The highest BCUT2D eigenvalue weighted by molar-refractivity contribution is 9.10. The lowest BCUT2D eigenvalue weighted by Crippen LogP contribution is -2.51. The van der Waals surface area contributed by atoms with Gasteiger partial charge in [-0.25, -0.2) is 8.42 Å². The van der Waals surface area contributed by atoms with Gasteiger partial charge in [-0.2, -0.15) is 0 Å². The van der Waals surface area contributed by atoms with Gasteiger partial charge in [-0.3, -0.25) is 13.9 Å². The van der Waals surface area contributed by atoms with Crippen molar-refractivity contribution in [1.29, 1.82) is 0 Å². The van der Waals surface area contributed by atoms with Gasteiger partial charge < -0.3 is 10.2 Å². The van der Waals surface area contributed by atoms with Crippen LogP contribution < -0.4 is 9.62 Å². The number of amides is 2. The minimum Gasteiger partial charge on any atom is -0.354 e. The van der Waals surface area contributed by atoms with Crippen molar-refractivity contribution in [3.8, 4) is 0 Å². The van der Waals surface area contributed by atoms with Crippen LogP contribution in [0.25, 0.3) is 0 Å². The van der Waals surface area contributed by atoms with E-state index < -0.39 is 28.5 Å². The quantitative estimate of drug-likeness (QED) is 0.402. The van der Waals surface area contributed by atoms with Crippen molar-refractivity contribution in [1.82, 2.24) is 10.2 Å². The average molecular weight is 553 g/mol. The Hall–Kier alpha value is -2.39. The van der Waals surface area contributed by atoms with Gasteiger partial charge in [0, 0.05) is 17.6 Å². The summed E-state index contributed by atoms with van der Waals surface area (Å²) in [5.74, 6) is -0.724. The zero-order chi connectivity index (χ0) is 25.3. The van der Waals surface area contributed by atoms with E-state index in [0.29, 0.717) is 12.2 Å². The van der Waals surface area contributed by atoms with E-state index in [9.17, 15) is 18.0 Å². The molecule has 0 saturated heterocycles. The summed E-state index contributed by atoms with van der Waals surface area (Å²) in [5, 5.41) is 2.87. The predicted molar refractivity (Wildman–Crippen MR) is 140 cm³/mol. The zero-order valence-electron chi connectivity index (χ0n) is 20.3. The molecule has 2 aromatic carbocycles. The molecule has 0 saturated carbocycles. The van der Waals surface area contributed by atoms with E-state index in [1.165, 1.54) is 4.90 Å². The number of rotatable bonds is 12. The minimum absolute atomic E-state index is 0.174. The molecule has 0 unspecified atom stereocenters. The number of nitrogens with zero attached hydrogens (tertiary/aromatic N) is 2. The first-order valence-electron chi connectivity index (χ1n) is 11.4. The number of carbonyl (C=O) groups excluding carboxylic acids is 2. The number of benzene rings is 2. The SMILES string of the molecule is CCCCNC(=O)[C@@H](C)N(Cc1cccc(Br)c1)C(=O)CN(c1ccc(CC)cc1)S(C)(=O)=O. The second-order valence-corrected chi connectivity index (χ2v) is 11.1. The Kier molecular flexibility index (Phi) is 10.6. The second-order valence-electron chi connectivity index (χ2n) is 8.26. The maximum Gasteiger partial charge on any atom is 0.244 e. The lowest BCUT2D eigenvalue weighted by Gasteiger charge is -2.31. The molecule has 2 amide bonds. The van der Waals surface area contributed by atoms with E-state index in [1.54, 1.807) is 19.1 Å². The van der Waals surface area contributed by atoms with Crippen LogP contribution in [-0.2, 0) is 32.6 Å². The number of nitrogens with one attached hydrogen (secondary N) is 1. The predicted octanol–water partition coefficient (Wildman–Crippen LogP) is 4.11. The Balaban J connectivity index is 2.34. The first-order chi connectivity index (χ1) is 16.1. The Bertz CT molecular complexity index is 1070. The number of aryl methyl sites for hydroxylation is 1. The fourth-order valence-electron chi connectivity index (χ4n) is 3.46. The number of unbranched alkanes of at least 4 members (excludes halogenated alkanes) is 1. The molecule has 0 bridgehead atoms. The summed E-state index contributed by atoms with van der Waals surface area (Å²) >= 11 is 3.44. The molecule has 2 aromatic rings. The highest BCUT2D eigenvalue weighted by Crippen LogP contribution is 2.21. The molecular formula is C25H34BrN3O4S. The second kappa shape index (κ2) is 12.9. The summed E-state index contributed by atoms with van der Waals surface area (Å²) in [5.41, 5.74) is 2.31. The van der Waals surface area contributed by atoms with E-state index in [-0.39, 0.29) is 12.5 Å². The van der Waals surface area contributed by atoms with Crippen LogP contribution in [0.15, 0.2) is 53.0 Å². The maximum absolute atomic E-state index is 13.5. The number of anilines is 1. The highest BCUT2D eigenvalue weighted by atomic mass is 79.9. The molecule has 9 heteroatoms. The van der Waals surface area contributed by atoms with Crippen molar-refractivity contribution in [2.75, 3.05) is 23.7 Å². The van der Waals surface area contributed by atoms with Crippen molar-refractivity contribution in [2.45, 2.75) is 52.6 Å². The normalized spacial score (nSPS) is 12.1. The molecule has 34 heavy (non-hydrogen) atoms. The molecule has 0 aliphatic carbocycles. The molecule has 0 heterocycles. The molecule has 2 rings (SSSR count). The molecule has 0 fully saturated rings. The van der Waals surface area contributed by atoms with E-state index >= 15 is 0 Å². The van der Waals surface area contributed by atoms with Crippen LogP contribution in [0.4, 0.5) is 5.69 Å². The number of hydrogen-bond acceptors (Lipinski definition) is 4. The third kappa shape index (κ3) is 8.13. The zero-order valence-corrected chi connectivity index (χ0v) is 22.7. The number of carbonyl (C=O) groups is 2. The van der Waals surface area contributed by atoms with Crippen LogP contribution in [0.2, 0.25) is 0 Å². The van der Waals surface area contributed by atoms with Crippen LogP contribution in [0.3, 0.4) is 0 Å². The standard InChI is InChI=1S/C25H34BrN3O4S/c1-5-7-15-27-25(31)19(3)28(17-21-9-8-10-22(26)16-21)24(30)18-29(34(4,32)33)23-13-11-20(6-2)12-14-23/h8-14,16,19H,5-7,15,17-18H2,1-4H3,(H,27,31)/t19-/m1/s1.